The van der Waals surface area contributed by atoms with Gasteiger partial charge in [-0.25, -0.2) is 0 Å². The molecule has 3 nitrogen and oxygen atoms in total. The molecular formula is C18H29N3. The van der Waals surface area contributed by atoms with Crippen LogP contribution in [-0.4, -0.2) is 35.1 Å². The highest BCUT2D eigenvalue weighted by atomic mass is 15.2. The molecule has 2 aliphatic rings. The first kappa shape index (κ1) is 15.0. The van der Waals surface area contributed by atoms with Gasteiger partial charge in [-0.2, -0.15) is 0 Å². The van der Waals surface area contributed by atoms with Crippen molar-refractivity contribution < 1.29 is 0 Å². The Labute approximate surface area is 129 Å². The van der Waals surface area contributed by atoms with Crippen molar-refractivity contribution in [1.82, 2.24) is 15.2 Å². The zero-order valence-electron chi connectivity index (χ0n) is 13.6. The Morgan fingerprint density at radius 2 is 1.90 bits per heavy atom. The van der Waals surface area contributed by atoms with Crippen molar-refractivity contribution in [2.24, 2.45) is 0 Å². The van der Waals surface area contributed by atoms with E-state index in [0.717, 1.165) is 12.2 Å². The number of aromatic nitrogens is 1. The number of likely N-dealkylation sites (tertiary alicyclic amines) is 1. The molecule has 3 rings (SSSR count). The second-order valence-electron chi connectivity index (χ2n) is 6.73. The van der Waals surface area contributed by atoms with E-state index in [0.29, 0.717) is 11.6 Å². The average Bonchev–Trinajstić information content (AvgIpc) is 3.18. The number of pyridine rings is 1. The third-order valence-corrected chi connectivity index (χ3v) is 5.42. The molecule has 0 spiro atoms. The third-order valence-electron chi connectivity index (χ3n) is 5.42. The van der Waals surface area contributed by atoms with Crippen LogP contribution < -0.4 is 5.32 Å². The first-order valence-corrected chi connectivity index (χ1v) is 8.67. The maximum absolute atomic E-state index is 4.55. The Morgan fingerprint density at radius 1 is 1.19 bits per heavy atom. The van der Waals surface area contributed by atoms with Gasteiger partial charge in [0, 0.05) is 17.4 Å². The molecule has 1 aromatic heterocycles. The summed E-state index contributed by atoms with van der Waals surface area (Å²) in [6, 6.07) is 4.87. The predicted octanol–water partition coefficient (Wildman–Crippen LogP) is 3.45. The summed E-state index contributed by atoms with van der Waals surface area (Å²) in [6.45, 7) is 7.87. The Kier molecular flexibility index (Phi) is 4.60. The van der Waals surface area contributed by atoms with Gasteiger partial charge in [0.25, 0.3) is 0 Å². The number of hydrogen-bond acceptors (Lipinski definition) is 3. The summed E-state index contributed by atoms with van der Waals surface area (Å²) in [4.78, 5) is 7.34. The summed E-state index contributed by atoms with van der Waals surface area (Å²) in [5.41, 5.74) is 2.80. The van der Waals surface area contributed by atoms with Gasteiger partial charge < -0.3 is 5.32 Å². The molecule has 1 aromatic rings. The predicted molar refractivity (Wildman–Crippen MR) is 87.4 cm³/mol. The molecule has 0 amide bonds. The molecule has 1 saturated heterocycles. The Hall–Kier alpha value is -0.930. The van der Waals surface area contributed by atoms with Gasteiger partial charge in [-0.1, -0.05) is 25.8 Å². The van der Waals surface area contributed by atoms with Gasteiger partial charge in [0.2, 0.25) is 0 Å². The summed E-state index contributed by atoms with van der Waals surface area (Å²) in [6.07, 6.45) is 10.2. The molecular weight excluding hydrogens is 258 g/mol. The monoisotopic (exact) mass is 287 g/mol. The van der Waals surface area contributed by atoms with Crippen LogP contribution in [0, 0.1) is 6.92 Å². The van der Waals surface area contributed by atoms with Crippen LogP contribution in [0.1, 0.15) is 62.7 Å². The molecule has 1 aliphatic carbocycles. The third kappa shape index (κ3) is 2.86. The topological polar surface area (TPSA) is 28.2 Å². The second-order valence-corrected chi connectivity index (χ2v) is 6.73. The van der Waals surface area contributed by atoms with Crippen molar-refractivity contribution in [3.63, 3.8) is 0 Å². The normalized spacial score (nSPS) is 23.5. The molecule has 1 unspecified atom stereocenters. The van der Waals surface area contributed by atoms with E-state index in [1.807, 2.05) is 0 Å². The van der Waals surface area contributed by atoms with E-state index < -0.39 is 0 Å². The molecule has 1 aliphatic heterocycles. The first-order chi connectivity index (χ1) is 10.3. The molecule has 116 valence electrons. The summed E-state index contributed by atoms with van der Waals surface area (Å²) < 4.78 is 0. The fourth-order valence-corrected chi connectivity index (χ4v) is 4.41. The number of aryl methyl sites for hydroxylation is 1. The lowest BCUT2D eigenvalue weighted by Crippen LogP contribution is -2.54. The fraction of sp³-hybridized carbons (Fsp3) is 0.722. The van der Waals surface area contributed by atoms with Crippen molar-refractivity contribution >= 4 is 0 Å². The van der Waals surface area contributed by atoms with Crippen molar-refractivity contribution in [2.75, 3.05) is 19.6 Å². The highest BCUT2D eigenvalue weighted by Crippen LogP contribution is 2.45. The Balaban J connectivity index is 1.94. The zero-order valence-corrected chi connectivity index (χ0v) is 13.6. The van der Waals surface area contributed by atoms with Crippen LogP contribution in [0.5, 0.6) is 0 Å². The van der Waals surface area contributed by atoms with E-state index in [-0.39, 0.29) is 0 Å². The van der Waals surface area contributed by atoms with Gasteiger partial charge >= 0.3 is 0 Å². The SMILES string of the molecule is CCNC(c1ccc(C)nc1)C1(N2CCCC2)CCCC1. The fourth-order valence-electron chi connectivity index (χ4n) is 4.41. The lowest BCUT2D eigenvalue weighted by Gasteiger charge is -2.45. The van der Waals surface area contributed by atoms with Crippen LogP contribution in [0.25, 0.3) is 0 Å². The van der Waals surface area contributed by atoms with E-state index in [4.69, 9.17) is 0 Å². The van der Waals surface area contributed by atoms with Crippen LogP contribution in [0.15, 0.2) is 18.3 Å². The van der Waals surface area contributed by atoms with Crippen LogP contribution in [0.2, 0.25) is 0 Å². The van der Waals surface area contributed by atoms with Gasteiger partial charge in [0.15, 0.2) is 0 Å². The minimum atomic E-state index is 0.323. The van der Waals surface area contributed by atoms with Crippen LogP contribution in [0.3, 0.4) is 0 Å². The molecule has 1 saturated carbocycles. The quantitative estimate of drug-likeness (QED) is 0.899. The number of hydrogen-bond donors (Lipinski definition) is 1. The highest BCUT2D eigenvalue weighted by molar-refractivity contribution is 5.23. The van der Waals surface area contributed by atoms with E-state index in [1.54, 1.807) is 0 Å². The molecule has 1 N–H and O–H groups in total. The summed E-state index contributed by atoms with van der Waals surface area (Å²) in [5.74, 6) is 0. The van der Waals surface area contributed by atoms with Gasteiger partial charge in [-0.15, -0.1) is 0 Å². The highest BCUT2D eigenvalue weighted by Gasteiger charge is 2.46. The van der Waals surface area contributed by atoms with Crippen LogP contribution in [0.4, 0.5) is 0 Å². The van der Waals surface area contributed by atoms with Gasteiger partial charge in [-0.3, -0.25) is 9.88 Å². The molecule has 2 heterocycles. The number of rotatable bonds is 5. The molecule has 0 bridgehead atoms. The molecule has 0 aromatic carbocycles. The minimum absolute atomic E-state index is 0.323. The smallest absolute Gasteiger partial charge is 0.0522 e. The minimum Gasteiger partial charge on any atom is -0.309 e. The van der Waals surface area contributed by atoms with Gasteiger partial charge in [0.05, 0.1) is 6.04 Å². The van der Waals surface area contributed by atoms with E-state index in [1.165, 1.54) is 57.2 Å². The molecule has 2 fully saturated rings. The summed E-state index contributed by atoms with van der Waals surface area (Å²) in [7, 11) is 0. The molecule has 1 atom stereocenters. The maximum Gasteiger partial charge on any atom is 0.0522 e. The van der Waals surface area contributed by atoms with E-state index in [9.17, 15) is 0 Å². The van der Waals surface area contributed by atoms with Crippen molar-refractivity contribution in [1.29, 1.82) is 0 Å². The molecule has 0 radical (unpaired) electrons. The largest absolute Gasteiger partial charge is 0.309 e. The average molecular weight is 287 g/mol. The van der Waals surface area contributed by atoms with E-state index >= 15 is 0 Å². The van der Waals surface area contributed by atoms with Crippen molar-refractivity contribution in [3.05, 3.63) is 29.6 Å². The maximum atomic E-state index is 4.55. The van der Waals surface area contributed by atoms with Crippen LogP contribution in [-0.2, 0) is 0 Å². The van der Waals surface area contributed by atoms with Crippen LogP contribution >= 0.6 is 0 Å². The summed E-state index contributed by atoms with van der Waals surface area (Å²) >= 11 is 0. The standard InChI is InChI=1S/C18H29N3/c1-3-19-17(16-9-8-15(2)20-14-16)18(10-4-5-11-18)21-12-6-7-13-21/h8-9,14,17,19H,3-7,10-13H2,1-2H3. The van der Waals surface area contributed by atoms with Gasteiger partial charge in [-0.05, 0) is 63.9 Å². The zero-order chi connectivity index (χ0) is 14.7. The van der Waals surface area contributed by atoms with Crippen molar-refractivity contribution in [3.8, 4) is 0 Å². The number of likely N-dealkylation sites (N-methyl/N-ethyl adjacent to an activating group) is 1. The summed E-state index contributed by atoms with van der Waals surface area (Å²) in [5, 5.41) is 3.80. The molecule has 3 heteroatoms. The number of nitrogens with one attached hydrogen (secondary N) is 1. The number of nitrogens with zero attached hydrogens (tertiary/aromatic N) is 2. The lowest BCUT2D eigenvalue weighted by atomic mass is 9.82. The first-order valence-electron chi connectivity index (χ1n) is 8.67. The van der Waals surface area contributed by atoms with Crippen molar-refractivity contribution in [2.45, 2.75) is 64.0 Å². The van der Waals surface area contributed by atoms with Gasteiger partial charge in [0.1, 0.15) is 0 Å². The second kappa shape index (κ2) is 6.45. The molecule has 21 heavy (non-hydrogen) atoms. The Morgan fingerprint density at radius 3 is 2.48 bits per heavy atom. The lowest BCUT2D eigenvalue weighted by molar-refractivity contribution is 0.0769. The Bertz CT molecular complexity index is 442. The van der Waals surface area contributed by atoms with E-state index in [2.05, 4.69) is 47.4 Å².